The van der Waals surface area contributed by atoms with Crippen molar-refractivity contribution in [2.75, 3.05) is 12.4 Å². The maximum absolute atomic E-state index is 11.9. The van der Waals surface area contributed by atoms with Crippen LogP contribution in [0.25, 0.3) is 33.4 Å². The van der Waals surface area contributed by atoms with E-state index in [0.29, 0.717) is 27.9 Å². The molecule has 3 heterocycles. The molecule has 4 N–H and O–H groups in total. The van der Waals surface area contributed by atoms with Gasteiger partial charge in [-0.3, -0.25) is 9.89 Å². The summed E-state index contributed by atoms with van der Waals surface area (Å²) >= 11 is 6.52. The Labute approximate surface area is 188 Å². The highest BCUT2D eigenvalue weighted by atomic mass is 35.5. The molecule has 0 spiro atoms. The average Bonchev–Trinajstić information content (AvgIpc) is 3.49. The third-order valence-electron chi connectivity index (χ3n) is 5.07. The first-order valence-corrected chi connectivity index (χ1v) is 10.2. The first-order chi connectivity index (χ1) is 15.6. The van der Waals surface area contributed by atoms with Gasteiger partial charge in [0.05, 0.1) is 11.2 Å². The molecule has 0 aliphatic carbocycles. The maximum atomic E-state index is 11.9. The number of nitrogens with one attached hydrogen (secondary N) is 4. The summed E-state index contributed by atoms with van der Waals surface area (Å²) < 4.78 is 0. The van der Waals surface area contributed by atoms with Crippen LogP contribution < -0.4 is 10.6 Å². The number of amides is 1. The molecule has 3 aromatic heterocycles. The van der Waals surface area contributed by atoms with Gasteiger partial charge in [0.25, 0.3) is 5.91 Å². The zero-order valence-corrected chi connectivity index (χ0v) is 17.7. The van der Waals surface area contributed by atoms with Gasteiger partial charge in [0.15, 0.2) is 5.82 Å². The summed E-state index contributed by atoms with van der Waals surface area (Å²) in [5.41, 5.74) is 4.89. The van der Waals surface area contributed by atoms with Crippen molar-refractivity contribution in [3.8, 4) is 22.5 Å². The number of aromatic nitrogens is 5. The summed E-state index contributed by atoms with van der Waals surface area (Å²) in [6.45, 7) is 0. The van der Waals surface area contributed by atoms with Crippen molar-refractivity contribution >= 4 is 39.9 Å². The Kier molecular flexibility index (Phi) is 5.04. The van der Waals surface area contributed by atoms with Crippen molar-refractivity contribution in [2.45, 2.75) is 0 Å². The van der Waals surface area contributed by atoms with Crippen LogP contribution in [0.3, 0.4) is 0 Å². The van der Waals surface area contributed by atoms with Gasteiger partial charge in [0.1, 0.15) is 11.5 Å². The van der Waals surface area contributed by atoms with Gasteiger partial charge in [-0.1, -0.05) is 23.7 Å². The van der Waals surface area contributed by atoms with Gasteiger partial charge >= 0.3 is 0 Å². The highest BCUT2D eigenvalue weighted by molar-refractivity contribution is 6.34. The number of anilines is 2. The predicted molar refractivity (Wildman–Crippen MR) is 125 cm³/mol. The summed E-state index contributed by atoms with van der Waals surface area (Å²) in [5.74, 6) is 0.924. The van der Waals surface area contributed by atoms with Crippen LogP contribution in [0.5, 0.6) is 0 Å². The number of hydrogen-bond acceptors (Lipinski definition) is 5. The number of carbonyl (C=O) groups excluding carboxylic acids is 1. The van der Waals surface area contributed by atoms with Crippen LogP contribution >= 0.6 is 11.6 Å². The first-order valence-electron chi connectivity index (χ1n) is 9.85. The highest BCUT2D eigenvalue weighted by Gasteiger charge is 2.13. The van der Waals surface area contributed by atoms with Crippen LogP contribution in [-0.2, 0) is 0 Å². The molecule has 0 atom stereocenters. The zero-order valence-electron chi connectivity index (χ0n) is 17.0. The lowest BCUT2D eigenvalue weighted by Crippen LogP contribution is -2.17. The number of H-pyrrole nitrogens is 2. The van der Waals surface area contributed by atoms with E-state index in [2.05, 4.69) is 35.8 Å². The topological polar surface area (TPSA) is 111 Å². The number of rotatable bonds is 5. The summed E-state index contributed by atoms with van der Waals surface area (Å²) in [7, 11) is 1.59. The van der Waals surface area contributed by atoms with Crippen molar-refractivity contribution in [1.82, 2.24) is 30.5 Å². The second-order valence-electron chi connectivity index (χ2n) is 7.14. The minimum absolute atomic E-state index is 0.194. The normalized spacial score (nSPS) is 10.9. The van der Waals surface area contributed by atoms with Crippen molar-refractivity contribution < 1.29 is 4.79 Å². The monoisotopic (exact) mass is 443 g/mol. The summed E-state index contributed by atoms with van der Waals surface area (Å²) in [4.78, 5) is 24.0. The lowest BCUT2D eigenvalue weighted by Gasteiger charge is -2.09. The molecule has 5 rings (SSSR count). The third kappa shape index (κ3) is 3.79. The fourth-order valence-electron chi connectivity index (χ4n) is 3.44. The Morgan fingerprint density at radius 1 is 1.06 bits per heavy atom. The molecule has 158 valence electrons. The molecule has 0 aliphatic rings. The molecule has 0 aliphatic heterocycles. The molecule has 1 amide bonds. The van der Waals surface area contributed by atoms with Crippen molar-refractivity contribution in [1.29, 1.82) is 0 Å². The Morgan fingerprint density at radius 2 is 1.91 bits per heavy atom. The molecule has 9 heteroatoms. The third-order valence-corrected chi connectivity index (χ3v) is 5.38. The van der Waals surface area contributed by atoms with Gasteiger partial charge in [-0.05, 0) is 42.0 Å². The molecular weight excluding hydrogens is 426 g/mol. The van der Waals surface area contributed by atoms with Crippen LogP contribution in [0.15, 0.2) is 67.1 Å². The molecular formula is C23H18ClN7O. The van der Waals surface area contributed by atoms with E-state index >= 15 is 0 Å². The smallest absolute Gasteiger partial charge is 0.267 e. The fraction of sp³-hybridized carbons (Fsp3) is 0.0435. The van der Waals surface area contributed by atoms with E-state index in [4.69, 9.17) is 11.6 Å². The van der Waals surface area contributed by atoms with Crippen LogP contribution in [0.4, 0.5) is 11.5 Å². The van der Waals surface area contributed by atoms with Gasteiger partial charge < -0.3 is 15.6 Å². The summed E-state index contributed by atoms with van der Waals surface area (Å²) in [5, 5.41) is 14.0. The van der Waals surface area contributed by atoms with Crippen LogP contribution in [0.1, 0.15) is 10.5 Å². The van der Waals surface area contributed by atoms with E-state index in [1.165, 1.54) is 0 Å². The molecule has 2 aromatic carbocycles. The lowest BCUT2D eigenvalue weighted by molar-refractivity contribution is 0.0959. The minimum atomic E-state index is -0.194. The molecule has 0 saturated heterocycles. The lowest BCUT2D eigenvalue weighted by atomic mass is 10.1. The Hall–Kier alpha value is -4.17. The second kappa shape index (κ2) is 8.16. The number of carbonyl (C=O) groups is 1. The van der Waals surface area contributed by atoms with Gasteiger partial charge in [0.2, 0.25) is 0 Å². The number of aromatic amines is 2. The molecule has 8 nitrogen and oxygen atoms in total. The summed E-state index contributed by atoms with van der Waals surface area (Å²) in [6, 6.07) is 15.2. The van der Waals surface area contributed by atoms with E-state index in [1.807, 2.05) is 36.5 Å². The Bertz CT molecular complexity index is 1410. The van der Waals surface area contributed by atoms with Gasteiger partial charge in [0, 0.05) is 47.2 Å². The van der Waals surface area contributed by atoms with Gasteiger partial charge in [-0.15, -0.1) is 0 Å². The standard InChI is InChI=1S/C23H18ClN7O/c1-25-23(32)20-9-14-8-18(24)17(10-19(14)30-20)22-26-7-6-21(31-22)29-16-4-2-13(3-5-16)15-11-27-28-12-15/h2-12,30H,1H3,(H,25,32)(H,27,28)(H,26,29,31). The average molecular weight is 444 g/mol. The number of benzene rings is 2. The molecule has 0 radical (unpaired) electrons. The maximum Gasteiger partial charge on any atom is 0.267 e. The first kappa shape index (κ1) is 19.8. The van der Waals surface area contributed by atoms with Crippen molar-refractivity contribution in [3.63, 3.8) is 0 Å². The Morgan fingerprint density at radius 3 is 2.66 bits per heavy atom. The molecule has 0 bridgehead atoms. The van der Waals surface area contributed by atoms with Crippen molar-refractivity contribution in [3.05, 3.63) is 77.8 Å². The molecule has 5 aromatic rings. The zero-order chi connectivity index (χ0) is 22.1. The fourth-order valence-corrected chi connectivity index (χ4v) is 3.70. The minimum Gasteiger partial charge on any atom is -0.354 e. The van der Waals surface area contributed by atoms with Crippen LogP contribution in [0.2, 0.25) is 5.02 Å². The molecule has 0 unspecified atom stereocenters. The van der Waals surface area contributed by atoms with Gasteiger partial charge in [-0.2, -0.15) is 5.10 Å². The van der Waals surface area contributed by atoms with Crippen LogP contribution in [-0.4, -0.2) is 38.1 Å². The van der Waals surface area contributed by atoms with Gasteiger partial charge in [-0.25, -0.2) is 9.97 Å². The van der Waals surface area contributed by atoms with E-state index in [1.54, 1.807) is 37.6 Å². The SMILES string of the molecule is CNC(=O)c1cc2cc(Cl)c(-c3nccc(Nc4ccc(-c5cn[nH]c5)cc4)n3)cc2[nH]1. The number of halogens is 1. The number of fused-ring (bicyclic) bond motifs is 1. The van der Waals surface area contributed by atoms with E-state index in [0.717, 1.165) is 27.7 Å². The van der Waals surface area contributed by atoms with Crippen LogP contribution in [0, 0.1) is 0 Å². The largest absolute Gasteiger partial charge is 0.354 e. The number of nitrogens with zero attached hydrogens (tertiary/aromatic N) is 3. The predicted octanol–water partition coefficient (Wildman–Crippen LogP) is 4.77. The molecule has 32 heavy (non-hydrogen) atoms. The van der Waals surface area contributed by atoms with E-state index < -0.39 is 0 Å². The second-order valence-corrected chi connectivity index (χ2v) is 7.54. The molecule has 0 saturated carbocycles. The number of hydrogen-bond donors (Lipinski definition) is 4. The quantitative estimate of drug-likeness (QED) is 0.312. The highest BCUT2D eigenvalue weighted by Crippen LogP contribution is 2.31. The van der Waals surface area contributed by atoms with Crippen molar-refractivity contribution in [2.24, 2.45) is 0 Å². The van der Waals surface area contributed by atoms with E-state index in [-0.39, 0.29) is 5.91 Å². The summed E-state index contributed by atoms with van der Waals surface area (Å²) in [6.07, 6.45) is 5.30. The Balaban J connectivity index is 1.43. The van der Waals surface area contributed by atoms with E-state index in [9.17, 15) is 4.79 Å². The molecule has 0 fully saturated rings.